The zero-order valence-corrected chi connectivity index (χ0v) is 14.3. The second-order valence-electron chi connectivity index (χ2n) is 4.66. The van der Waals surface area contributed by atoms with E-state index >= 15 is 0 Å². The molecule has 0 spiro atoms. The average molecular weight is 359 g/mol. The predicted molar refractivity (Wildman–Crippen MR) is 88.3 cm³/mol. The normalized spacial score (nSPS) is 10.4. The maximum atomic E-state index is 12.5. The van der Waals surface area contributed by atoms with Crippen LogP contribution < -0.4 is 10.5 Å². The van der Waals surface area contributed by atoms with Gasteiger partial charge in [0.1, 0.15) is 5.75 Å². The van der Waals surface area contributed by atoms with Crippen molar-refractivity contribution in [2.45, 2.75) is 26.3 Å². The van der Waals surface area contributed by atoms with Gasteiger partial charge in [0.15, 0.2) is 0 Å². The smallest absolute Gasteiger partial charge is 0.254 e. The molecule has 0 fully saturated rings. The van der Waals surface area contributed by atoms with Gasteiger partial charge in [-0.15, -0.1) is 0 Å². The molecule has 0 saturated heterocycles. The Hall–Kier alpha value is -1.14. The maximum Gasteiger partial charge on any atom is 0.254 e. The maximum absolute atomic E-state index is 12.5. The molecular weight excluding hydrogens is 340 g/mol. The number of thiocarbonyl (C=S) groups is 1. The molecule has 4 nitrogen and oxygen atoms in total. The average Bonchev–Trinajstić information content (AvgIpc) is 2.37. The van der Waals surface area contributed by atoms with Crippen LogP contribution in [-0.4, -0.2) is 35.5 Å². The second kappa shape index (κ2) is 7.59. The molecule has 1 aromatic rings. The lowest BCUT2D eigenvalue weighted by Crippen LogP contribution is -2.39. The fourth-order valence-corrected chi connectivity index (χ4v) is 2.42. The van der Waals surface area contributed by atoms with Crippen LogP contribution >= 0.6 is 28.1 Å². The topological polar surface area (TPSA) is 55.6 Å². The summed E-state index contributed by atoms with van der Waals surface area (Å²) in [7, 11) is 1.59. The molecule has 1 amide bonds. The molecule has 0 aromatic heterocycles. The third-order valence-electron chi connectivity index (χ3n) is 2.88. The van der Waals surface area contributed by atoms with Crippen molar-refractivity contribution in [2.75, 3.05) is 13.7 Å². The van der Waals surface area contributed by atoms with E-state index in [-0.39, 0.29) is 11.9 Å². The highest BCUT2D eigenvalue weighted by molar-refractivity contribution is 9.10. The monoisotopic (exact) mass is 358 g/mol. The third-order valence-corrected chi connectivity index (χ3v) is 3.71. The highest BCUT2D eigenvalue weighted by atomic mass is 79.9. The van der Waals surface area contributed by atoms with Crippen LogP contribution in [0.25, 0.3) is 0 Å². The van der Waals surface area contributed by atoms with Gasteiger partial charge in [-0.2, -0.15) is 0 Å². The zero-order valence-electron chi connectivity index (χ0n) is 11.9. The quantitative estimate of drug-likeness (QED) is 0.794. The molecule has 0 aliphatic rings. The Morgan fingerprint density at radius 2 is 2.15 bits per heavy atom. The van der Waals surface area contributed by atoms with Crippen molar-refractivity contribution < 1.29 is 9.53 Å². The summed E-state index contributed by atoms with van der Waals surface area (Å²) in [6.45, 7) is 4.46. The summed E-state index contributed by atoms with van der Waals surface area (Å²) in [6.07, 6.45) is 0.524. The number of rotatable bonds is 6. The zero-order chi connectivity index (χ0) is 15.3. The van der Waals surface area contributed by atoms with E-state index in [4.69, 9.17) is 22.7 Å². The van der Waals surface area contributed by atoms with Gasteiger partial charge in [0.25, 0.3) is 5.91 Å². The Labute approximate surface area is 133 Å². The number of carbonyl (C=O) groups is 1. The lowest BCUT2D eigenvalue weighted by atomic mass is 10.1. The SMILES string of the molecule is COc1ccc(C(=O)N(CCC(N)=S)C(C)C)cc1Br. The van der Waals surface area contributed by atoms with Gasteiger partial charge in [-0.25, -0.2) is 0 Å². The fraction of sp³-hybridized carbons (Fsp3) is 0.429. The van der Waals surface area contributed by atoms with Crippen LogP contribution in [0, 0.1) is 0 Å². The molecular formula is C14H19BrN2O2S. The molecule has 6 heteroatoms. The molecule has 0 aliphatic carbocycles. The Kier molecular flexibility index (Phi) is 6.42. The molecule has 20 heavy (non-hydrogen) atoms. The van der Waals surface area contributed by atoms with Crippen LogP contribution in [-0.2, 0) is 0 Å². The summed E-state index contributed by atoms with van der Waals surface area (Å²) in [6, 6.07) is 5.36. The minimum atomic E-state index is -0.0420. The largest absolute Gasteiger partial charge is 0.496 e. The number of benzene rings is 1. The lowest BCUT2D eigenvalue weighted by Gasteiger charge is -2.27. The van der Waals surface area contributed by atoms with Gasteiger partial charge in [-0.3, -0.25) is 4.79 Å². The number of ether oxygens (including phenoxy) is 1. The molecule has 0 saturated carbocycles. The second-order valence-corrected chi connectivity index (χ2v) is 6.04. The number of hydrogen-bond acceptors (Lipinski definition) is 3. The number of halogens is 1. The van der Waals surface area contributed by atoms with E-state index in [2.05, 4.69) is 15.9 Å². The first-order valence-corrected chi connectivity index (χ1v) is 7.49. The summed E-state index contributed by atoms with van der Waals surface area (Å²) in [5, 5.41) is 0. The van der Waals surface area contributed by atoms with E-state index in [1.54, 1.807) is 30.2 Å². The molecule has 0 radical (unpaired) electrons. The summed E-state index contributed by atoms with van der Waals surface area (Å²) in [5.41, 5.74) is 6.12. The van der Waals surface area contributed by atoms with Crippen molar-refractivity contribution >= 4 is 39.0 Å². The van der Waals surface area contributed by atoms with Gasteiger partial charge in [-0.05, 0) is 48.0 Å². The molecule has 0 bridgehead atoms. The minimum absolute atomic E-state index is 0.0420. The van der Waals surface area contributed by atoms with E-state index < -0.39 is 0 Å². The Morgan fingerprint density at radius 1 is 1.50 bits per heavy atom. The molecule has 1 aromatic carbocycles. The van der Waals surface area contributed by atoms with Crippen molar-refractivity contribution in [1.82, 2.24) is 4.90 Å². The van der Waals surface area contributed by atoms with Gasteiger partial charge >= 0.3 is 0 Å². The highest BCUT2D eigenvalue weighted by Gasteiger charge is 2.19. The van der Waals surface area contributed by atoms with Crippen LogP contribution in [0.5, 0.6) is 5.75 Å². The lowest BCUT2D eigenvalue weighted by molar-refractivity contribution is 0.0711. The van der Waals surface area contributed by atoms with Crippen LogP contribution in [0.2, 0.25) is 0 Å². The van der Waals surface area contributed by atoms with E-state index in [1.165, 1.54) is 0 Å². The van der Waals surface area contributed by atoms with Crippen LogP contribution in [0.1, 0.15) is 30.6 Å². The first-order chi connectivity index (χ1) is 9.36. The molecule has 0 unspecified atom stereocenters. The molecule has 2 N–H and O–H groups in total. The molecule has 110 valence electrons. The summed E-state index contributed by atoms with van der Waals surface area (Å²) < 4.78 is 5.91. The van der Waals surface area contributed by atoms with Crippen LogP contribution in [0.15, 0.2) is 22.7 Å². The summed E-state index contributed by atoms with van der Waals surface area (Å²) in [4.78, 5) is 14.7. The molecule has 1 rings (SSSR count). The third kappa shape index (κ3) is 4.45. The number of nitrogens with two attached hydrogens (primary N) is 1. The summed E-state index contributed by atoms with van der Waals surface area (Å²) in [5.74, 6) is 0.653. The van der Waals surface area contributed by atoms with Crippen LogP contribution in [0.4, 0.5) is 0 Å². The van der Waals surface area contributed by atoms with Crippen molar-refractivity contribution in [3.8, 4) is 5.75 Å². The number of carbonyl (C=O) groups excluding carboxylic acids is 1. The first kappa shape index (κ1) is 16.9. The van der Waals surface area contributed by atoms with Gasteiger partial charge in [-0.1, -0.05) is 12.2 Å². The van der Waals surface area contributed by atoms with Crippen molar-refractivity contribution in [1.29, 1.82) is 0 Å². The minimum Gasteiger partial charge on any atom is -0.496 e. The standard InChI is InChI=1S/C14H19BrN2O2S/c1-9(2)17(7-6-13(16)20)14(18)10-4-5-12(19-3)11(15)8-10/h4-5,8-9H,6-7H2,1-3H3,(H2,16,20). The predicted octanol–water partition coefficient (Wildman–Crippen LogP) is 2.98. The van der Waals surface area contributed by atoms with Gasteiger partial charge in [0.05, 0.1) is 16.6 Å². The summed E-state index contributed by atoms with van der Waals surface area (Å²) >= 11 is 8.26. The Balaban J connectivity index is 2.94. The van der Waals surface area contributed by atoms with Crippen LogP contribution in [0.3, 0.4) is 0 Å². The van der Waals surface area contributed by atoms with Gasteiger partial charge in [0.2, 0.25) is 0 Å². The van der Waals surface area contributed by atoms with Crippen molar-refractivity contribution in [2.24, 2.45) is 5.73 Å². The first-order valence-electron chi connectivity index (χ1n) is 6.29. The molecule has 0 heterocycles. The van der Waals surface area contributed by atoms with E-state index in [1.807, 2.05) is 13.8 Å². The van der Waals surface area contributed by atoms with E-state index in [9.17, 15) is 4.79 Å². The number of methoxy groups -OCH3 is 1. The fourth-order valence-electron chi connectivity index (χ4n) is 1.79. The number of hydrogen-bond donors (Lipinski definition) is 1. The van der Waals surface area contributed by atoms with Crippen molar-refractivity contribution in [3.05, 3.63) is 28.2 Å². The van der Waals surface area contributed by atoms with Crippen molar-refractivity contribution in [3.63, 3.8) is 0 Å². The number of nitrogens with zero attached hydrogens (tertiary/aromatic N) is 1. The van der Waals surface area contributed by atoms with E-state index in [0.29, 0.717) is 29.3 Å². The number of amides is 1. The highest BCUT2D eigenvalue weighted by Crippen LogP contribution is 2.26. The van der Waals surface area contributed by atoms with Gasteiger partial charge in [0, 0.05) is 24.6 Å². The van der Waals surface area contributed by atoms with E-state index in [0.717, 1.165) is 4.47 Å². The van der Waals surface area contributed by atoms with Gasteiger partial charge < -0.3 is 15.4 Å². The molecule has 0 aliphatic heterocycles. The molecule has 0 atom stereocenters. The Bertz CT molecular complexity index is 506. The Morgan fingerprint density at radius 3 is 2.60 bits per heavy atom.